The van der Waals surface area contributed by atoms with E-state index in [1.807, 2.05) is 6.07 Å². The van der Waals surface area contributed by atoms with E-state index in [2.05, 4.69) is 10.0 Å². The molecule has 1 amide bonds. The number of anilines is 1. The van der Waals surface area contributed by atoms with E-state index in [1.54, 1.807) is 39.8 Å². The summed E-state index contributed by atoms with van der Waals surface area (Å²) >= 11 is 0. The minimum absolute atomic E-state index is 0.0259. The zero-order valence-electron chi connectivity index (χ0n) is 19.5. The number of sulfonamides is 2. The zero-order valence-corrected chi connectivity index (χ0v) is 21.1. The first kappa shape index (κ1) is 26.8. The second kappa shape index (κ2) is 11.1. The normalized spacial score (nSPS) is 12.1. The Morgan fingerprint density at radius 3 is 2.27 bits per heavy atom. The van der Waals surface area contributed by atoms with Crippen molar-refractivity contribution in [3.8, 4) is 5.75 Å². The molecule has 0 aromatic heterocycles. The van der Waals surface area contributed by atoms with Gasteiger partial charge in [0.25, 0.3) is 0 Å². The maximum Gasteiger partial charge on any atom is 0.243 e. The zero-order chi connectivity index (χ0) is 24.8. The van der Waals surface area contributed by atoms with Crippen molar-refractivity contribution in [2.45, 2.75) is 43.9 Å². The van der Waals surface area contributed by atoms with Crippen molar-refractivity contribution in [2.24, 2.45) is 0 Å². The molecule has 2 N–H and O–H groups in total. The van der Waals surface area contributed by atoms with Crippen LogP contribution >= 0.6 is 0 Å². The van der Waals surface area contributed by atoms with Gasteiger partial charge in [0.1, 0.15) is 5.75 Å². The summed E-state index contributed by atoms with van der Waals surface area (Å²) in [6.07, 6.45) is -0.153. The van der Waals surface area contributed by atoms with Crippen molar-refractivity contribution in [2.75, 3.05) is 32.1 Å². The van der Waals surface area contributed by atoms with Crippen molar-refractivity contribution >= 4 is 31.6 Å². The molecule has 0 atom stereocenters. The number of amides is 1. The molecular weight excluding hydrogens is 466 g/mol. The molecule has 0 saturated heterocycles. The van der Waals surface area contributed by atoms with E-state index < -0.39 is 26.0 Å². The number of hydrogen-bond donors (Lipinski definition) is 2. The van der Waals surface area contributed by atoms with Crippen LogP contribution in [-0.2, 0) is 24.8 Å². The number of nitrogens with one attached hydrogen (secondary N) is 2. The van der Waals surface area contributed by atoms with E-state index in [4.69, 9.17) is 4.74 Å². The number of nitrogens with zero attached hydrogens (tertiary/aromatic N) is 1. The monoisotopic (exact) mass is 497 g/mol. The SMILES string of the molecule is CCN(CC)S(=O)(=O)c1ccc(OC)c(NC(=O)CCNS(=O)(=O)c2cc(C)ccc2C)c1. The lowest BCUT2D eigenvalue weighted by Gasteiger charge is -2.19. The minimum Gasteiger partial charge on any atom is -0.495 e. The summed E-state index contributed by atoms with van der Waals surface area (Å²) in [4.78, 5) is 12.7. The van der Waals surface area contributed by atoms with Crippen LogP contribution in [0.3, 0.4) is 0 Å². The summed E-state index contributed by atoms with van der Waals surface area (Å²) in [6.45, 7) is 7.49. The average molecular weight is 498 g/mol. The lowest BCUT2D eigenvalue weighted by molar-refractivity contribution is -0.116. The van der Waals surface area contributed by atoms with Gasteiger partial charge in [0.2, 0.25) is 26.0 Å². The fraction of sp³-hybridized carbons (Fsp3) is 0.409. The second-order valence-electron chi connectivity index (χ2n) is 7.42. The van der Waals surface area contributed by atoms with Gasteiger partial charge in [-0.25, -0.2) is 21.6 Å². The molecule has 2 rings (SSSR count). The Bertz CT molecular complexity index is 1210. The molecule has 0 saturated carbocycles. The Labute approximate surface area is 196 Å². The van der Waals surface area contributed by atoms with E-state index in [-0.39, 0.29) is 34.2 Å². The summed E-state index contributed by atoms with van der Waals surface area (Å²) in [5.41, 5.74) is 1.60. The van der Waals surface area contributed by atoms with E-state index in [9.17, 15) is 21.6 Å². The summed E-state index contributed by atoms with van der Waals surface area (Å²) in [5.74, 6) is -0.202. The molecule has 182 valence electrons. The molecule has 33 heavy (non-hydrogen) atoms. The Kier molecular flexibility index (Phi) is 9.01. The smallest absolute Gasteiger partial charge is 0.243 e. The van der Waals surface area contributed by atoms with Gasteiger partial charge in [-0.05, 0) is 49.2 Å². The number of ether oxygens (including phenoxy) is 1. The number of benzene rings is 2. The summed E-state index contributed by atoms with van der Waals surface area (Å²) in [5, 5.41) is 2.61. The number of methoxy groups -OCH3 is 1. The molecule has 0 heterocycles. The number of carbonyl (C=O) groups excluding carboxylic acids is 1. The number of carbonyl (C=O) groups is 1. The first-order valence-electron chi connectivity index (χ1n) is 10.5. The lowest BCUT2D eigenvalue weighted by Crippen LogP contribution is -2.30. The number of aryl methyl sites for hydroxylation is 2. The quantitative estimate of drug-likeness (QED) is 0.492. The van der Waals surface area contributed by atoms with Gasteiger partial charge >= 0.3 is 0 Å². The van der Waals surface area contributed by atoms with Gasteiger partial charge in [0, 0.05) is 26.1 Å². The van der Waals surface area contributed by atoms with Gasteiger partial charge in [-0.1, -0.05) is 26.0 Å². The van der Waals surface area contributed by atoms with Crippen molar-refractivity contribution in [3.63, 3.8) is 0 Å². The first-order valence-corrected chi connectivity index (χ1v) is 13.4. The molecule has 2 aromatic carbocycles. The second-order valence-corrected chi connectivity index (χ2v) is 11.1. The van der Waals surface area contributed by atoms with Gasteiger partial charge < -0.3 is 10.1 Å². The Hall–Kier alpha value is -2.47. The van der Waals surface area contributed by atoms with Crippen LogP contribution in [0.25, 0.3) is 0 Å². The molecule has 0 aliphatic rings. The predicted octanol–water partition coefficient (Wildman–Crippen LogP) is 2.65. The van der Waals surface area contributed by atoms with Crippen LogP contribution in [0.15, 0.2) is 46.2 Å². The van der Waals surface area contributed by atoms with Crippen LogP contribution in [0.5, 0.6) is 5.75 Å². The Balaban J connectivity index is 2.13. The molecule has 0 bridgehead atoms. The molecule has 2 aromatic rings. The highest BCUT2D eigenvalue weighted by molar-refractivity contribution is 7.89. The van der Waals surface area contributed by atoms with Crippen molar-refractivity contribution in [3.05, 3.63) is 47.5 Å². The maximum absolute atomic E-state index is 12.8. The van der Waals surface area contributed by atoms with E-state index in [0.29, 0.717) is 18.7 Å². The van der Waals surface area contributed by atoms with Crippen molar-refractivity contribution in [1.82, 2.24) is 9.03 Å². The predicted molar refractivity (Wildman–Crippen MR) is 127 cm³/mol. The fourth-order valence-electron chi connectivity index (χ4n) is 3.24. The van der Waals surface area contributed by atoms with E-state index in [0.717, 1.165) is 5.56 Å². The van der Waals surface area contributed by atoms with Crippen molar-refractivity contribution < 1.29 is 26.4 Å². The van der Waals surface area contributed by atoms with Gasteiger partial charge in [0.15, 0.2) is 0 Å². The first-order chi connectivity index (χ1) is 15.5. The molecule has 0 aliphatic heterocycles. The van der Waals surface area contributed by atoms with Gasteiger partial charge in [-0.2, -0.15) is 4.31 Å². The van der Waals surface area contributed by atoms with Gasteiger partial charge in [0.05, 0.1) is 22.6 Å². The van der Waals surface area contributed by atoms with E-state index in [1.165, 1.54) is 29.6 Å². The maximum atomic E-state index is 12.8. The summed E-state index contributed by atoms with van der Waals surface area (Å²) < 4.78 is 59.7. The van der Waals surface area contributed by atoms with Crippen LogP contribution in [0.2, 0.25) is 0 Å². The van der Waals surface area contributed by atoms with Crippen LogP contribution < -0.4 is 14.8 Å². The highest BCUT2D eigenvalue weighted by Crippen LogP contribution is 2.29. The van der Waals surface area contributed by atoms with Crippen LogP contribution in [-0.4, -0.2) is 53.8 Å². The van der Waals surface area contributed by atoms with Crippen LogP contribution in [0.1, 0.15) is 31.4 Å². The van der Waals surface area contributed by atoms with Crippen LogP contribution in [0, 0.1) is 13.8 Å². The highest BCUT2D eigenvalue weighted by atomic mass is 32.2. The fourth-order valence-corrected chi connectivity index (χ4v) is 6.09. The third-order valence-corrected chi connectivity index (χ3v) is 8.71. The standard InChI is InChI=1S/C22H31N3O6S2/c1-6-25(7-2)33(29,30)18-10-11-20(31-5)19(15-18)24-22(26)12-13-23-32(27,28)21-14-16(3)8-9-17(21)4/h8-11,14-15,23H,6-7,12-13H2,1-5H3,(H,24,26). The summed E-state index contributed by atoms with van der Waals surface area (Å²) in [6, 6.07) is 9.34. The largest absolute Gasteiger partial charge is 0.495 e. The van der Waals surface area contributed by atoms with Gasteiger partial charge in [-0.15, -0.1) is 0 Å². The molecule has 11 heteroatoms. The minimum atomic E-state index is -3.78. The molecule has 9 nitrogen and oxygen atoms in total. The van der Waals surface area contributed by atoms with Gasteiger partial charge in [-0.3, -0.25) is 4.79 Å². The van der Waals surface area contributed by atoms with Crippen LogP contribution in [0.4, 0.5) is 5.69 Å². The Morgan fingerprint density at radius 1 is 1.00 bits per heavy atom. The van der Waals surface area contributed by atoms with E-state index >= 15 is 0 Å². The molecule has 0 unspecified atom stereocenters. The molecule has 0 spiro atoms. The number of hydrogen-bond acceptors (Lipinski definition) is 6. The average Bonchev–Trinajstić information content (AvgIpc) is 2.75. The molecule has 0 radical (unpaired) electrons. The third kappa shape index (κ3) is 6.53. The summed E-state index contributed by atoms with van der Waals surface area (Å²) in [7, 11) is -6.10. The Morgan fingerprint density at radius 2 is 1.67 bits per heavy atom. The molecule has 0 aliphatic carbocycles. The molecule has 0 fully saturated rings. The lowest BCUT2D eigenvalue weighted by atomic mass is 10.2. The topological polar surface area (TPSA) is 122 Å². The third-order valence-electron chi connectivity index (χ3n) is 5.07. The number of rotatable bonds is 11. The molecular formula is C22H31N3O6S2. The van der Waals surface area contributed by atoms with Crippen molar-refractivity contribution in [1.29, 1.82) is 0 Å². The highest BCUT2D eigenvalue weighted by Gasteiger charge is 2.23.